The topological polar surface area (TPSA) is 15.3 Å². The molecule has 2 heteroatoms. The molecule has 0 aromatic carbocycles. The van der Waals surface area contributed by atoms with E-state index < -0.39 is 0 Å². The van der Waals surface area contributed by atoms with Crippen molar-refractivity contribution in [3.8, 4) is 0 Å². The molecule has 1 saturated heterocycles. The third-order valence-corrected chi connectivity index (χ3v) is 7.57. The van der Waals surface area contributed by atoms with Crippen LogP contribution >= 0.6 is 0 Å². The number of allylic oxidation sites excluding steroid dienone is 1. The van der Waals surface area contributed by atoms with Crippen molar-refractivity contribution < 1.29 is 0 Å². The van der Waals surface area contributed by atoms with Crippen LogP contribution in [0.3, 0.4) is 0 Å². The molecule has 0 saturated carbocycles. The van der Waals surface area contributed by atoms with Crippen LogP contribution in [-0.4, -0.2) is 30.6 Å². The van der Waals surface area contributed by atoms with Gasteiger partial charge in [-0.25, -0.2) is 0 Å². The number of nitrogens with one attached hydrogen (secondary N) is 1. The van der Waals surface area contributed by atoms with Crippen LogP contribution in [-0.2, 0) is 0 Å². The van der Waals surface area contributed by atoms with E-state index in [-0.39, 0.29) is 0 Å². The number of rotatable bonds is 25. The van der Waals surface area contributed by atoms with Crippen molar-refractivity contribution in [1.82, 2.24) is 10.2 Å². The third-order valence-electron chi connectivity index (χ3n) is 7.57. The smallest absolute Gasteiger partial charge is 0.0385 e. The maximum atomic E-state index is 4.40. The summed E-state index contributed by atoms with van der Waals surface area (Å²) in [7, 11) is 0. The van der Waals surface area contributed by atoms with Gasteiger partial charge < -0.3 is 10.2 Å². The van der Waals surface area contributed by atoms with Crippen molar-refractivity contribution in [1.29, 1.82) is 0 Å². The summed E-state index contributed by atoms with van der Waals surface area (Å²) in [6.45, 7) is 12.8. The Kier molecular flexibility index (Phi) is 21.5. The minimum atomic E-state index is 0.615. The maximum Gasteiger partial charge on any atom is 0.0385 e. The summed E-state index contributed by atoms with van der Waals surface area (Å²) in [6.07, 6.45) is 32.2. The second kappa shape index (κ2) is 23.3. The fourth-order valence-electron chi connectivity index (χ4n) is 5.37. The van der Waals surface area contributed by atoms with Crippen molar-refractivity contribution in [2.24, 2.45) is 0 Å². The van der Waals surface area contributed by atoms with Gasteiger partial charge in [0.2, 0.25) is 0 Å². The van der Waals surface area contributed by atoms with E-state index in [1.54, 1.807) is 0 Å². The number of unbranched alkanes of at least 4 members (excludes halogenated alkanes) is 17. The molecular weight excluding hydrogens is 400 g/mol. The summed E-state index contributed by atoms with van der Waals surface area (Å²) in [5.74, 6) is 0. The van der Waals surface area contributed by atoms with Crippen LogP contribution in [0, 0.1) is 0 Å². The molecule has 1 aliphatic heterocycles. The Bertz CT molecular complexity index is 413. The normalized spacial score (nSPS) is 15.2. The Morgan fingerprint density at radius 3 is 1.55 bits per heavy atom. The molecule has 33 heavy (non-hydrogen) atoms. The average molecular weight is 463 g/mol. The van der Waals surface area contributed by atoms with E-state index in [1.165, 1.54) is 173 Å². The number of likely N-dealkylation sites (tertiary alicyclic amines) is 1. The van der Waals surface area contributed by atoms with Crippen molar-refractivity contribution in [3.05, 3.63) is 12.3 Å². The zero-order valence-corrected chi connectivity index (χ0v) is 23.1. The second-order valence-corrected chi connectivity index (χ2v) is 11.0. The van der Waals surface area contributed by atoms with Gasteiger partial charge in [-0.05, 0) is 45.2 Å². The predicted octanol–water partition coefficient (Wildman–Crippen LogP) is 9.79. The lowest BCUT2D eigenvalue weighted by atomic mass is 10.0. The summed E-state index contributed by atoms with van der Waals surface area (Å²) in [4.78, 5) is 2.67. The van der Waals surface area contributed by atoms with Crippen LogP contribution in [0.25, 0.3) is 0 Å². The lowest BCUT2D eigenvalue weighted by Gasteiger charge is -2.26. The van der Waals surface area contributed by atoms with Gasteiger partial charge in [0.1, 0.15) is 0 Å². The minimum absolute atomic E-state index is 0.615. The molecular formula is C31H62N2. The maximum absolute atomic E-state index is 4.40. The third kappa shape index (κ3) is 19.5. The Hall–Kier alpha value is -0.500. The molecule has 1 heterocycles. The molecule has 1 atom stereocenters. The standard InChI is InChI=1S/C31H62N2/c1-4-6-8-10-12-13-14-15-16-17-18-19-21-25-30(3)32-31(29-33-27-23-24-28-33)26-22-20-11-9-7-5-2/h31-32H,3-29H2,1-2H3. The highest BCUT2D eigenvalue weighted by Gasteiger charge is 2.17. The van der Waals surface area contributed by atoms with Gasteiger partial charge in [0, 0.05) is 18.3 Å². The molecule has 0 aliphatic carbocycles. The van der Waals surface area contributed by atoms with Gasteiger partial charge in [0.25, 0.3) is 0 Å². The van der Waals surface area contributed by atoms with Gasteiger partial charge in [-0.3, -0.25) is 0 Å². The number of hydrogen-bond acceptors (Lipinski definition) is 2. The van der Waals surface area contributed by atoms with Crippen molar-refractivity contribution >= 4 is 0 Å². The molecule has 0 aromatic heterocycles. The van der Waals surface area contributed by atoms with E-state index in [2.05, 4.69) is 30.6 Å². The molecule has 1 unspecified atom stereocenters. The summed E-state index contributed by atoms with van der Waals surface area (Å²) in [6, 6.07) is 0.615. The molecule has 0 bridgehead atoms. The van der Waals surface area contributed by atoms with Crippen molar-refractivity contribution in [3.63, 3.8) is 0 Å². The first-order valence-electron chi connectivity index (χ1n) is 15.4. The first-order chi connectivity index (χ1) is 16.3. The van der Waals surface area contributed by atoms with Gasteiger partial charge in [0.15, 0.2) is 0 Å². The van der Waals surface area contributed by atoms with E-state index >= 15 is 0 Å². The van der Waals surface area contributed by atoms with Gasteiger partial charge in [-0.2, -0.15) is 0 Å². The van der Waals surface area contributed by atoms with Crippen LogP contribution in [0.2, 0.25) is 0 Å². The van der Waals surface area contributed by atoms with Gasteiger partial charge in [-0.1, -0.05) is 136 Å². The van der Waals surface area contributed by atoms with E-state index in [4.69, 9.17) is 0 Å². The van der Waals surface area contributed by atoms with Crippen LogP contribution in [0.4, 0.5) is 0 Å². The summed E-state index contributed by atoms with van der Waals surface area (Å²) >= 11 is 0. The molecule has 1 N–H and O–H groups in total. The Balaban J connectivity index is 2.03. The number of hydrogen-bond donors (Lipinski definition) is 1. The Morgan fingerprint density at radius 1 is 0.636 bits per heavy atom. The zero-order chi connectivity index (χ0) is 23.8. The average Bonchev–Trinajstić information content (AvgIpc) is 3.32. The highest BCUT2D eigenvalue weighted by atomic mass is 15.2. The van der Waals surface area contributed by atoms with Crippen molar-refractivity contribution in [2.75, 3.05) is 19.6 Å². The van der Waals surface area contributed by atoms with E-state index in [1.807, 2.05) is 0 Å². The van der Waals surface area contributed by atoms with E-state index in [9.17, 15) is 0 Å². The Labute approximate surface area is 209 Å². The van der Waals surface area contributed by atoms with E-state index in [0.717, 1.165) is 0 Å². The number of nitrogens with zero attached hydrogens (tertiary/aromatic N) is 1. The fourth-order valence-corrected chi connectivity index (χ4v) is 5.37. The predicted molar refractivity (Wildman–Crippen MR) is 150 cm³/mol. The molecule has 2 nitrogen and oxygen atoms in total. The SMILES string of the molecule is C=C(CCCCCCCCCCCCCCC)NC(CCCCCCCC)CN1CCCC1. The molecule has 0 spiro atoms. The molecule has 0 amide bonds. The fraction of sp³-hybridized carbons (Fsp3) is 0.935. The largest absolute Gasteiger partial charge is 0.385 e. The monoisotopic (exact) mass is 462 g/mol. The lowest BCUT2D eigenvalue weighted by molar-refractivity contribution is 0.285. The molecule has 1 fully saturated rings. The van der Waals surface area contributed by atoms with E-state index in [0.29, 0.717) is 6.04 Å². The van der Waals surface area contributed by atoms with Crippen LogP contribution in [0.5, 0.6) is 0 Å². The first-order valence-corrected chi connectivity index (χ1v) is 15.4. The summed E-state index contributed by atoms with van der Waals surface area (Å²) in [5.41, 5.74) is 1.30. The van der Waals surface area contributed by atoms with Crippen LogP contribution < -0.4 is 5.32 Å². The van der Waals surface area contributed by atoms with Crippen LogP contribution in [0.1, 0.15) is 162 Å². The molecule has 1 rings (SSSR count). The highest BCUT2D eigenvalue weighted by molar-refractivity contribution is 4.94. The first kappa shape index (κ1) is 30.5. The summed E-state index contributed by atoms with van der Waals surface area (Å²) in [5, 5.41) is 3.85. The quantitative estimate of drug-likeness (QED) is 0.136. The molecule has 196 valence electrons. The minimum Gasteiger partial charge on any atom is -0.385 e. The second-order valence-electron chi connectivity index (χ2n) is 11.0. The molecule has 0 radical (unpaired) electrons. The molecule has 0 aromatic rings. The summed E-state index contributed by atoms with van der Waals surface area (Å²) < 4.78 is 0. The highest BCUT2D eigenvalue weighted by Crippen LogP contribution is 2.16. The van der Waals surface area contributed by atoms with Gasteiger partial charge >= 0.3 is 0 Å². The zero-order valence-electron chi connectivity index (χ0n) is 23.1. The van der Waals surface area contributed by atoms with Crippen LogP contribution in [0.15, 0.2) is 12.3 Å². The Morgan fingerprint density at radius 2 is 1.06 bits per heavy atom. The lowest BCUT2D eigenvalue weighted by Crippen LogP contribution is -2.39. The molecule has 1 aliphatic rings. The van der Waals surface area contributed by atoms with Gasteiger partial charge in [-0.15, -0.1) is 0 Å². The van der Waals surface area contributed by atoms with Crippen molar-refractivity contribution in [2.45, 2.75) is 168 Å². The van der Waals surface area contributed by atoms with Gasteiger partial charge in [0.05, 0.1) is 0 Å².